The fourth-order valence-electron chi connectivity index (χ4n) is 5.07. The maximum atomic E-state index is 13.6. The SMILES string of the molecule is CN(CCO)C(=O)c1ccc(NC2CN(C3CCN(C(=O)[C@@](C)(O)c4cc(F)cc(F)c4)CC3)C2)cc1Cl. The lowest BCUT2D eigenvalue weighted by molar-refractivity contribution is -0.152. The number of piperidine rings is 1. The Labute approximate surface area is 225 Å². The Bertz CT molecular complexity index is 1160. The molecule has 38 heavy (non-hydrogen) atoms. The highest BCUT2D eigenvalue weighted by Gasteiger charge is 2.40. The van der Waals surface area contributed by atoms with Gasteiger partial charge in [-0.3, -0.25) is 14.5 Å². The van der Waals surface area contributed by atoms with Gasteiger partial charge in [0.25, 0.3) is 11.8 Å². The Morgan fingerprint density at radius 2 is 1.76 bits per heavy atom. The minimum Gasteiger partial charge on any atom is -0.395 e. The third kappa shape index (κ3) is 6.09. The van der Waals surface area contributed by atoms with Crippen LogP contribution in [0, 0.1) is 11.6 Å². The molecule has 2 saturated heterocycles. The molecule has 0 saturated carbocycles. The quantitative estimate of drug-likeness (QED) is 0.468. The molecule has 0 unspecified atom stereocenters. The molecule has 0 bridgehead atoms. The first-order valence-corrected chi connectivity index (χ1v) is 13.0. The number of aliphatic hydroxyl groups excluding tert-OH is 1. The lowest BCUT2D eigenvalue weighted by Crippen LogP contribution is -2.61. The lowest BCUT2D eigenvalue weighted by atomic mass is 9.91. The number of nitrogens with one attached hydrogen (secondary N) is 1. The van der Waals surface area contributed by atoms with E-state index in [1.165, 1.54) is 11.8 Å². The summed E-state index contributed by atoms with van der Waals surface area (Å²) < 4.78 is 27.3. The van der Waals surface area contributed by atoms with Crippen LogP contribution in [0.3, 0.4) is 0 Å². The summed E-state index contributed by atoms with van der Waals surface area (Å²) in [5, 5.41) is 23.6. The smallest absolute Gasteiger partial charge is 0.258 e. The van der Waals surface area contributed by atoms with Crippen LogP contribution in [0.2, 0.25) is 5.02 Å². The van der Waals surface area contributed by atoms with Gasteiger partial charge < -0.3 is 25.3 Å². The van der Waals surface area contributed by atoms with Crippen LogP contribution in [0.25, 0.3) is 0 Å². The van der Waals surface area contributed by atoms with Crippen LogP contribution < -0.4 is 5.32 Å². The summed E-state index contributed by atoms with van der Waals surface area (Å²) in [4.78, 5) is 30.7. The minimum atomic E-state index is -2.02. The Balaban J connectivity index is 1.26. The zero-order valence-electron chi connectivity index (χ0n) is 21.5. The zero-order valence-corrected chi connectivity index (χ0v) is 22.2. The van der Waals surface area contributed by atoms with Crippen LogP contribution in [0.5, 0.6) is 0 Å². The van der Waals surface area contributed by atoms with Crippen LogP contribution in [0.15, 0.2) is 36.4 Å². The maximum absolute atomic E-state index is 13.6. The van der Waals surface area contributed by atoms with Crippen molar-refractivity contribution in [2.45, 2.75) is 37.5 Å². The molecule has 2 amide bonds. The molecule has 8 nitrogen and oxygen atoms in total. The Hall–Kier alpha value is -2.79. The highest BCUT2D eigenvalue weighted by molar-refractivity contribution is 6.34. The summed E-state index contributed by atoms with van der Waals surface area (Å²) in [5.41, 5.74) is -0.922. The van der Waals surface area contributed by atoms with Crippen molar-refractivity contribution in [3.63, 3.8) is 0 Å². The third-order valence-electron chi connectivity index (χ3n) is 7.37. The second-order valence-electron chi connectivity index (χ2n) is 10.2. The summed E-state index contributed by atoms with van der Waals surface area (Å²) in [6.45, 7) is 3.90. The summed E-state index contributed by atoms with van der Waals surface area (Å²) in [7, 11) is 1.61. The first-order chi connectivity index (χ1) is 18.0. The number of amides is 2. The van der Waals surface area contributed by atoms with E-state index in [1.807, 2.05) is 6.07 Å². The van der Waals surface area contributed by atoms with Crippen LogP contribution in [0.4, 0.5) is 14.5 Å². The molecular formula is C27H33ClF2N4O4. The number of likely N-dealkylation sites (N-methyl/N-ethyl adjacent to an activating group) is 1. The number of carbonyl (C=O) groups excluding carboxylic acids is 2. The molecule has 2 heterocycles. The van der Waals surface area contributed by atoms with E-state index in [0.717, 1.165) is 43.8 Å². The number of benzene rings is 2. The van der Waals surface area contributed by atoms with Crippen molar-refractivity contribution >= 4 is 29.1 Å². The van der Waals surface area contributed by atoms with E-state index in [4.69, 9.17) is 16.7 Å². The van der Waals surface area contributed by atoms with Crippen LogP contribution in [0.1, 0.15) is 35.7 Å². The molecule has 2 aromatic carbocycles. The van der Waals surface area contributed by atoms with Gasteiger partial charge in [-0.05, 0) is 55.7 Å². The second kappa shape index (κ2) is 11.5. The van der Waals surface area contributed by atoms with Gasteiger partial charge in [-0.2, -0.15) is 0 Å². The van der Waals surface area contributed by atoms with Crippen LogP contribution >= 0.6 is 11.6 Å². The number of anilines is 1. The number of hydrogen-bond acceptors (Lipinski definition) is 6. The molecular weight excluding hydrogens is 518 g/mol. The van der Waals surface area contributed by atoms with Gasteiger partial charge in [0, 0.05) is 57.6 Å². The summed E-state index contributed by atoms with van der Waals surface area (Å²) in [6, 6.07) is 8.39. The van der Waals surface area contributed by atoms with Crippen molar-refractivity contribution in [2.75, 3.05) is 51.7 Å². The summed E-state index contributed by atoms with van der Waals surface area (Å²) in [5.74, 6) is -2.50. The van der Waals surface area contributed by atoms with Gasteiger partial charge in [0.15, 0.2) is 5.60 Å². The number of aliphatic hydroxyl groups is 2. The van der Waals surface area contributed by atoms with Gasteiger partial charge >= 0.3 is 0 Å². The first-order valence-electron chi connectivity index (χ1n) is 12.6. The third-order valence-corrected chi connectivity index (χ3v) is 7.68. The van der Waals surface area contributed by atoms with Crippen molar-refractivity contribution in [3.05, 3.63) is 64.2 Å². The van der Waals surface area contributed by atoms with E-state index in [0.29, 0.717) is 35.8 Å². The van der Waals surface area contributed by atoms with Crippen molar-refractivity contribution < 1.29 is 28.6 Å². The van der Waals surface area contributed by atoms with E-state index >= 15 is 0 Å². The van der Waals surface area contributed by atoms with Gasteiger partial charge in [0.2, 0.25) is 0 Å². The number of rotatable bonds is 8. The number of halogens is 3. The zero-order chi connectivity index (χ0) is 27.6. The van der Waals surface area contributed by atoms with E-state index in [-0.39, 0.29) is 30.7 Å². The normalized spacial score (nSPS) is 18.6. The number of nitrogens with zero attached hydrogens (tertiary/aromatic N) is 3. The van der Waals surface area contributed by atoms with Gasteiger partial charge in [0.1, 0.15) is 11.6 Å². The number of likely N-dealkylation sites (tertiary alicyclic amines) is 2. The molecule has 206 valence electrons. The average Bonchev–Trinajstić information content (AvgIpc) is 2.85. The van der Waals surface area contributed by atoms with Crippen LogP contribution in [-0.2, 0) is 10.4 Å². The van der Waals surface area contributed by atoms with E-state index < -0.39 is 23.1 Å². The highest BCUT2D eigenvalue weighted by Crippen LogP contribution is 2.30. The predicted octanol–water partition coefficient (Wildman–Crippen LogP) is 2.68. The number of carbonyl (C=O) groups is 2. The first kappa shape index (κ1) is 28.2. The standard InChI is InChI=1S/C27H33ClF2N4O4/c1-27(38,17-11-18(29)13-19(30)12-17)26(37)33-7-5-22(6-8-33)34-15-21(16-34)31-20-3-4-23(24(28)14-20)25(36)32(2)9-10-35/h3-4,11-14,21-22,31,35,38H,5-10,15-16H2,1-2H3/t27-/m0/s1. The maximum Gasteiger partial charge on any atom is 0.258 e. The second-order valence-corrected chi connectivity index (χ2v) is 10.6. The minimum absolute atomic E-state index is 0.103. The molecule has 3 N–H and O–H groups in total. The molecule has 0 aliphatic carbocycles. The topological polar surface area (TPSA) is 96.4 Å². The Morgan fingerprint density at radius 1 is 1.13 bits per heavy atom. The van der Waals surface area contributed by atoms with Gasteiger partial charge in [-0.15, -0.1) is 0 Å². The molecule has 1 atom stereocenters. The average molecular weight is 551 g/mol. The number of hydrogen-bond donors (Lipinski definition) is 3. The molecule has 2 aliphatic heterocycles. The van der Waals surface area contributed by atoms with Crippen molar-refractivity contribution in [2.24, 2.45) is 0 Å². The highest BCUT2D eigenvalue weighted by atomic mass is 35.5. The fourth-order valence-corrected chi connectivity index (χ4v) is 5.34. The molecule has 2 aromatic rings. The van der Waals surface area contributed by atoms with Gasteiger partial charge in [0.05, 0.1) is 23.2 Å². The molecule has 0 radical (unpaired) electrons. The van der Waals surface area contributed by atoms with Crippen molar-refractivity contribution in [1.29, 1.82) is 0 Å². The van der Waals surface area contributed by atoms with E-state index in [9.17, 15) is 23.5 Å². The monoisotopic (exact) mass is 550 g/mol. The van der Waals surface area contributed by atoms with Crippen molar-refractivity contribution in [1.82, 2.24) is 14.7 Å². The van der Waals surface area contributed by atoms with Crippen molar-refractivity contribution in [3.8, 4) is 0 Å². The summed E-state index contributed by atoms with van der Waals surface area (Å²) in [6.07, 6.45) is 1.46. The van der Waals surface area contributed by atoms with Crippen LogP contribution in [-0.4, -0.2) is 95.2 Å². The van der Waals surface area contributed by atoms with Gasteiger partial charge in [-0.1, -0.05) is 11.6 Å². The molecule has 2 aliphatic rings. The molecule has 0 spiro atoms. The van der Waals surface area contributed by atoms with Gasteiger partial charge in [-0.25, -0.2) is 8.78 Å². The summed E-state index contributed by atoms with van der Waals surface area (Å²) >= 11 is 6.34. The molecule has 4 rings (SSSR count). The Kier molecular flexibility index (Phi) is 8.56. The van der Waals surface area contributed by atoms with E-state index in [2.05, 4.69) is 10.2 Å². The lowest BCUT2D eigenvalue weighted by Gasteiger charge is -2.48. The Morgan fingerprint density at radius 3 is 2.34 bits per heavy atom. The fraction of sp³-hybridized carbons (Fsp3) is 0.481. The predicted molar refractivity (Wildman–Crippen MR) is 140 cm³/mol. The molecule has 0 aromatic heterocycles. The molecule has 2 fully saturated rings. The largest absolute Gasteiger partial charge is 0.395 e. The van der Waals surface area contributed by atoms with E-state index in [1.54, 1.807) is 24.1 Å². The molecule has 11 heteroatoms.